The molecule has 2 rings (SSSR count). The van der Waals surface area contributed by atoms with Crippen LogP contribution in [0.15, 0.2) is 20.9 Å². The Kier molecular flexibility index (Phi) is 5.60. The molecule has 0 saturated carbocycles. The van der Waals surface area contributed by atoms with Crippen molar-refractivity contribution in [2.45, 2.75) is 46.7 Å². The molecule has 0 unspecified atom stereocenters. The van der Waals surface area contributed by atoms with Gasteiger partial charge in [-0.15, -0.1) is 11.3 Å². The van der Waals surface area contributed by atoms with Crippen LogP contribution < -0.4 is 10.6 Å². The van der Waals surface area contributed by atoms with Gasteiger partial charge in [-0.3, -0.25) is 4.99 Å². The Labute approximate surface area is 135 Å². The van der Waals surface area contributed by atoms with Crippen molar-refractivity contribution in [3.05, 3.63) is 39.2 Å². The zero-order chi connectivity index (χ0) is 16.1. The Balaban J connectivity index is 1.86. The quantitative estimate of drug-likeness (QED) is 0.655. The average Bonchev–Trinajstić information content (AvgIpc) is 3.06. The SMILES string of the molecule is CN=C(NCc1nc(C(C)C)cs1)NCc1cc(C)oc1C. The van der Waals surface area contributed by atoms with Gasteiger partial charge in [-0.25, -0.2) is 4.98 Å². The van der Waals surface area contributed by atoms with Crippen LogP contribution in [-0.4, -0.2) is 18.0 Å². The minimum Gasteiger partial charge on any atom is -0.466 e. The van der Waals surface area contributed by atoms with E-state index in [2.05, 4.69) is 39.8 Å². The lowest BCUT2D eigenvalue weighted by atomic mass is 10.2. The topological polar surface area (TPSA) is 62.5 Å². The van der Waals surface area contributed by atoms with E-state index < -0.39 is 0 Å². The first kappa shape index (κ1) is 16.5. The first-order chi connectivity index (χ1) is 10.5. The Morgan fingerprint density at radius 1 is 1.32 bits per heavy atom. The minimum absolute atomic E-state index is 0.467. The predicted molar refractivity (Wildman–Crippen MR) is 91.4 cm³/mol. The normalized spacial score (nSPS) is 12.0. The summed E-state index contributed by atoms with van der Waals surface area (Å²) in [5, 5.41) is 9.78. The highest BCUT2D eigenvalue weighted by molar-refractivity contribution is 7.09. The lowest BCUT2D eigenvalue weighted by Gasteiger charge is -2.10. The Morgan fingerprint density at radius 3 is 2.59 bits per heavy atom. The molecule has 0 aliphatic carbocycles. The van der Waals surface area contributed by atoms with E-state index in [1.807, 2.05) is 19.9 Å². The number of hydrogen-bond donors (Lipinski definition) is 2. The number of nitrogens with zero attached hydrogens (tertiary/aromatic N) is 2. The molecular weight excluding hydrogens is 296 g/mol. The molecule has 2 N–H and O–H groups in total. The van der Waals surface area contributed by atoms with Crippen LogP contribution >= 0.6 is 11.3 Å². The molecule has 2 aromatic heterocycles. The van der Waals surface area contributed by atoms with Crippen LogP contribution in [-0.2, 0) is 13.1 Å². The van der Waals surface area contributed by atoms with Crippen LogP contribution in [0.25, 0.3) is 0 Å². The summed E-state index contributed by atoms with van der Waals surface area (Å²) >= 11 is 1.68. The van der Waals surface area contributed by atoms with Crippen molar-refractivity contribution in [2.75, 3.05) is 7.05 Å². The van der Waals surface area contributed by atoms with Crippen LogP contribution in [0, 0.1) is 13.8 Å². The summed E-state index contributed by atoms with van der Waals surface area (Å²) in [4.78, 5) is 8.85. The van der Waals surface area contributed by atoms with Gasteiger partial charge in [-0.1, -0.05) is 13.8 Å². The van der Waals surface area contributed by atoms with Crippen LogP contribution in [0.4, 0.5) is 0 Å². The number of guanidine groups is 1. The van der Waals surface area contributed by atoms with Crippen molar-refractivity contribution >= 4 is 17.3 Å². The zero-order valence-corrected chi connectivity index (χ0v) is 14.7. The molecule has 0 saturated heterocycles. The molecule has 120 valence electrons. The monoisotopic (exact) mass is 320 g/mol. The maximum absolute atomic E-state index is 5.53. The van der Waals surface area contributed by atoms with Gasteiger partial charge in [0.2, 0.25) is 0 Å². The summed E-state index contributed by atoms with van der Waals surface area (Å²) in [7, 11) is 1.77. The fraction of sp³-hybridized carbons (Fsp3) is 0.500. The predicted octanol–water partition coefficient (Wildman–Crippen LogP) is 3.34. The molecule has 0 bridgehead atoms. The summed E-state index contributed by atoms with van der Waals surface area (Å²) in [5.74, 6) is 3.11. The van der Waals surface area contributed by atoms with Crippen LogP contribution in [0.5, 0.6) is 0 Å². The Bertz CT molecular complexity index is 642. The summed E-state index contributed by atoms with van der Waals surface area (Å²) in [6, 6.07) is 2.05. The van der Waals surface area contributed by atoms with E-state index in [9.17, 15) is 0 Å². The third kappa shape index (κ3) is 4.34. The number of furan rings is 1. The molecule has 5 nitrogen and oxygen atoms in total. The molecular formula is C16H24N4OS. The maximum Gasteiger partial charge on any atom is 0.191 e. The molecule has 22 heavy (non-hydrogen) atoms. The molecule has 0 aromatic carbocycles. The van der Waals surface area contributed by atoms with Gasteiger partial charge in [0.25, 0.3) is 0 Å². The van der Waals surface area contributed by atoms with Gasteiger partial charge in [0.1, 0.15) is 16.5 Å². The Hall–Kier alpha value is -1.82. The first-order valence-electron chi connectivity index (χ1n) is 7.44. The number of thiazole rings is 1. The molecule has 0 radical (unpaired) electrons. The number of rotatable bonds is 5. The number of aliphatic imine (C=N–C) groups is 1. The summed E-state index contributed by atoms with van der Waals surface area (Å²) in [6.45, 7) is 9.62. The number of aromatic nitrogens is 1. The molecule has 0 amide bonds. The molecule has 0 fully saturated rings. The molecule has 2 aromatic rings. The van der Waals surface area contributed by atoms with Crippen molar-refractivity contribution in [2.24, 2.45) is 4.99 Å². The van der Waals surface area contributed by atoms with Gasteiger partial charge in [0, 0.05) is 24.5 Å². The van der Waals surface area contributed by atoms with E-state index in [0.717, 1.165) is 33.7 Å². The number of hydrogen-bond acceptors (Lipinski definition) is 4. The number of aryl methyl sites for hydroxylation is 2. The molecule has 0 spiro atoms. The van der Waals surface area contributed by atoms with Crippen molar-refractivity contribution in [1.82, 2.24) is 15.6 Å². The standard InChI is InChI=1S/C16H24N4OS/c1-10(2)14-9-22-15(20-14)8-19-16(17-5)18-7-13-6-11(3)21-12(13)4/h6,9-10H,7-8H2,1-5H3,(H2,17,18,19). The second-order valence-corrected chi connectivity index (χ2v) is 6.48. The second kappa shape index (κ2) is 7.45. The van der Waals surface area contributed by atoms with Crippen molar-refractivity contribution < 1.29 is 4.42 Å². The fourth-order valence-electron chi connectivity index (χ4n) is 2.09. The van der Waals surface area contributed by atoms with E-state index in [-0.39, 0.29) is 0 Å². The van der Waals surface area contributed by atoms with Crippen molar-refractivity contribution in [3.8, 4) is 0 Å². The molecule has 0 atom stereocenters. The van der Waals surface area contributed by atoms with E-state index in [4.69, 9.17) is 4.42 Å². The smallest absolute Gasteiger partial charge is 0.191 e. The maximum atomic E-state index is 5.53. The van der Waals surface area contributed by atoms with Gasteiger partial charge in [0.05, 0.1) is 12.2 Å². The van der Waals surface area contributed by atoms with Gasteiger partial charge >= 0.3 is 0 Å². The largest absolute Gasteiger partial charge is 0.466 e. The number of nitrogens with one attached hydrogen (secondary N) is 2. The van der Waals surface area contributed by atoms with Crippen molar-refractivity contribution in [1.29, 1.82) is 0 Å². The van der Waals surface area contributed by atoms with E-state index in [0.29, 0.717) is 19.0 Å². The third-order valence-electron chi connectivity index (χ3n) is 3.38. The fourth-order valence-corrected chi connectivity index (χ4v) is 2.98. The van der Waals surface area contributed by atoms with Gasteiger partial charge in [-0.05, 0) is 25.8 Å². The zero-order valence-electron chi connectivity index (χ0n) is 13.9. The summed E-state index contributed by atoms with van der Waals surface area (Å²) in [5.41, 5.74) is 2.30. The average molecular weight is 320 g/mol. The summed E-state index contributed by atoms with van der Waals surface area (Å²) in [6.07, 6.45) is 0. The minimum atomic E-state index is 0.467. The lowest BCUT2D eigenvalue weighted by molar-refractivity contribution is 0.500. The highest BCUT2D eigenvalue weighted by atomic mass is 32.1. The molecule has 0 aliphatic heterocycles. The van der Waals surface area contributed by atoms with Gasteiger partial charge in [0.15, 0.2) is 5.96 Å². The van der Waals surface area contributed by atoms with Crippen molar-refractivity contribution in [3.63, 3.8) is 0 Å². The highest BCUT2D eigenvalue weighted by Gasteiger charge is 2.08. The van der Waals surface area contributed by atoms with Crippen LogP contribution in [0.3, 0.4) is 0 Å². The molecule has 6 heteroatoms. The van der Waals surface area contributed by atoms with Crippen LogP contribution in [0.1, 0.15) is 47.6 Å². The van der Waals surface area contributed by atoms with Gasteiger partial charge < -0.3 is 15.1 Å². The lowest BCUT2D eigenvalue weighted by Crippen LogP contribution is -2.36. The third-order valence-corrected chi connectivity index (χ3v) is 4.25. The molecule has 0 aliphatic rings. The summed E-state index contributed by atoms with van der Waals surface area (Å²) < 4.78 is 5.53. The van der Waals surface area contributed by atoms with E-state index in [1.54, 1.807) is 18.4 Å². The first-order valence-corrected chi connectivity index (χ1v) is 8.32. The van der Waals surface area contributed by atoms with E-state index in [1.165, 1.54) is 0 Å². The highest BCUT2D eigenvalue weighted by Crippen LogP contribution is 2.17. The molecule has 2 heterocycles. The van der Waals surface area contributed by atoms with Gasteiger partial charge in [-0.2, -0.15) is 0 Å². The van der Waals surface area contributed by atoms with E-state index >= 15 is 0 Å². The second-order valence-electron chi connectivity index (χ2n) is 5.54. The Morgan fingerprint density at radius 2 is 2.05 bits per heavy atom. The van der Waals surface area contributed by atoms with Crippen LogP contribution in [0.2, 0.25) is 0 Å².